The van der Waals surface area contributed by atoms with Gasteiger partial charge in [0.1, 0.15) is 17.3 Å². The lowest BCUT2D eigenvalue weighted by molar-refractivity contribution is 0.381. The van der Waals surface area contributed by atoms with Crippen LogP contribution in [0.1, 0.15) is 17.2 Å². The molecule has 2 rings (SSSR count). The minimum atomic E-state index is -0.736. The summed E-state index contributed by atoms with van der Waals surface area (Å²) in [4.78, 5) is 0. The monoisotopic (exact) mass is 295 g/mol. The molecule has 0 aliphatic rings. The van der Waals surface area contributed by atoms with Crippen molar-refractivity contribution >= 4 is 11.6 Å². The third-order valence-electron chi connectivity index (χ3n) is 3.09. The summed E-state index contributed by atoms with van der Waals surface area (Å²) in [6.07, 6.45) is 0. The number of methoxy groups -OCH3 is 2. The van der Waals surface area contributed by atoms with Gasteiger partial charge in [-0.05, 0) is 18.2 Å². The highest BCUT2D eigenvalue weighted by Gasteiger charge is 2.22. The topological polar surface area (TPSA) is 44.5 Å². The molecule has 2 aromatic carbocycles. The van der Waals surface area contributed by atoms with E-state index in [4.69, 9.17) is 26.8 Å². The van der Waals surface area contributed by atoms with E-state index in [0.29, 0.717) is 22.6 Å². The molecule has 0 fully saturated rings. The Morgan fingerprint density at radius 1 is 1.05 bits per heavy atom. The lowest BCUT2D eigenvalue weighted by Gasteiger charge is -2.19. The molecule has 0 aromatic heterocycles. The maximum absolute atomic E-state index is 14.1. The first kappa shape index (κ1) is 14.6. The molecule has 0 saturated heterocycles. The first-order chi connectivity index (χ1) is 9.60. The Morgan fingerprint density at radius 2 is 1.60 bits per heavy atom. The molecule has 0 amide bonds. The molecule has 1 atom stereocenters. The Hall–Kier alpha value is -1.78. The molecular formula is C15H15ClFNO2. The molecule has 0 bridgehead atoms. The maximum Gasteiger partial charge on any atom is 0.146 e. The van der Waals surface area contributed by atoms with Crippen molar-refractivity contribution in [3.8, 4) is 11.5 Å². The van der Waals surface area contributed by atoms with E-state index in [0.717, 1.165) is 0 Å². The predicted octanol–water partition coefficient (Wildman–Crippen LogP) is 3.54. The van der Waals surface area contributed by atoms with E-state index in [1.165, 1.54) is 20.3 Å². The largest absolute Gasteiger partial charge is 0.496 e. The third kappa shape index (κ3) is 2.57. The number of ether oxygens (including phenoxy) is 2. The maximum atomic E-state index is 14.1. The summed E-state index contributed by atoms with van der Waals surface area (Å²) in [6, 6.07) is 9.27. The van der Waals surface area contributed by atoms with Crippen LogP contribution in [0, 0.1) is 5.82 Å². The Bertz CT molecular complexity index is 597. The molecule has 5 heteroatoms. The lowest BCUT2D eigenvalue weighted by atomic mass is 9.97. The molecule has 0 spiro atoms. The van der Waals surface area contributed by atoms with Crippen LogP contribution in [0.25, 0.3) is 0 Å². The second-order valence-corrected chi connectivity index (χ2v) is 4.60. The van der Waals surface area contributed by atoms with E-state index >= 15 is 0 Å². The fourth-order valence-corrected chi connectivity index (χ4v) is 2.28. The number of rotatable bonds is 4. The van der Waals surface area contributed by atoms with Crippen molar-refractivity contribution in [2.75, 3.05) is 14.2 Å². The van der Waals surface area contributed by atoms with Crippen molar-refractivity contribution < 1.29 is 13.9 Å². The summed E-state index contributed by atoms with van der Waals surface area (Å²) in [6.45, 7) is 0. The summed E-state index contributed by atoms with van der Waals surface area (Å²) in [7, 11) is 3.05. The van der Waals surface area contributed by atoms with Crippen molar-refractivity contribution in [1.29, 1.82) is 0 Å². The summed E-state index contributed by atoms with van der Waals surface area (Å²) in [5.74, 6) is 0.544. The Morgan fingerprint density at radius 3 is 2.15 bits per heavy atom. The van der Waals surface area contributed by atoms with Crippen LogP contribution in [0.2, 0.25) is 5.02 Å². The van der Waals surface area contributed by atoms with Crippen molar-refractivity contribution in [2.24, 2.45) is 5.73 Å². The molecule has 0 aliphatic heterocycles. The Labute approximate surface area is 122 Å². The minimum Gasteiger partial charge on any atom is -0.496 e. The number of hydrogen-bond acceptors (Lipinski definition) is 3. The third-order valence-corrected chi connectivity index (χ3v) is 3.39. The summed E-state index contributed by atoms with van der Waals surface area (Å²) >= 11 is 5.80. The Balaban J connectivity index is 2.58. The zero-order chi connectivity index (χ0) is 14.7. The molecule has 2 aromatic rings. The van der Waals surface area contributed by atoms with Gasteiger partial charge < -0.3 is 15.2 Å². The van der Waals surface area contributed by atoms with Gasteiger partial charge in [-0.2, -0.15) is 0 Å². The van der Waals surface area contributed by atoms with Gasteiger partial charge in [0.25, 0.3) is 0 Å². The number of halogens is 2. The molecule has 0 saturated carbocycles. The van der Waals surface area contributed by atoms with E-state index in [9.17, 15) is 4.39 Å². The SMILES string of the molecule is COc1cccc(OC)c1C(N)c1cccc(Cl)c1F. The fourth-order valence-electron chi connectivity index (χ4n) is 2.10. The van der Waals surface area contributed by atoms with Gasteiger partial charge in [-0.25, -0.2) is 4.39 Å². The number of nitrogens with two attached hydrogens (primary N) is 1. The van der Waals surface area contributed by atoms with Crippen LogP contribution in [0.5, 0.6) is 11.5 Å². The van der Waals surface area contributed by atoms with Crippen molar-refractivity contribution in [3.63, 3.8) is 0 Å². The summed E-state index contributed by atoms with van der Waals surface area (Å²) in [5, 5.41) is 0.0341. The molecule has 1 unspecified atom stereocenters. The normalized spacial score (nSPS) is 12.1. The van der Waals surface area contributed by atoms with Crippen LogP contribution in [-0.2, 0) is 0 Å². The van der Waals surface area contributed by atoms with E-state index in [-0.39, 0.29) is 5.02 Å². The van der Waals surface area contributed by atoms with Gasteiger partial charge in [0.15, 0.2) is 0 Å². The molecule has 106 valence electrons. The highest BCUT2D eigenvalue weighted by Crippen LogP contribution is 2.37. The van der Waals surface area contributed by atoms with Crippen LogP contribution in [0.4, 0.5) is 4.39 Å². The van der Waals surface area contributed by atoms with Gasteiger partial charge >= 0.3 is 0 Å². The molecule has 20 heavy (non-hydrogen) atoms. The highest BCUT2D eigenvalue weighted by molar-refractivity contribution is 6.30. The fraction of sp³-hybridized carbons (Fsp3) is 0.200. The Kier molecular flexibility index (Phi) is 4.47. The number of benzene rings is 2. The standard InChI is InChI=1S/C15H15ClFNO2/c1-19-11-7-4-8-12(20-2)13(11)15(18)9-5-3-6-10(16)14(9)17/h3-8,15H,18H2,1-2H3. The summed E-state index contributed by atoms with van der Waals surface area (Å²) in [5.41, 5.74) is 7.05. The van der Waals surface area contributed by atoms with Gasteiger partial charge in [-0.15, -0.1) is 0 Å². The second kappa shape index (κ2) is 6.11. The van der Waals surface area contributed by atoms with Crippen LogP contribution < -0.4 is 15.2 Å². The highest BCUT2D eigenvalue weighted by atomic mass is 35.5. The lowest BCUT2D eigenvalue weighted by Crippen LogP contribution is -2.16. The summed E-state index contributed by atoms with van der Waals surface area (Å²) < 4.78 is 24.7. The molecular weight excluding hydrogens is 281 g/mol. The quantitative estimate of drug-likeness (QED) is 0.938. The number of hydrogen-bond donors (Lipinski definition) is 1. The average molecular weight is 296 g/mol. The average Bonchev–Trinajstić information content (AvgIpc) is 2.48. The van der Waals surface area contributed by atoms with E-state index < -0.39 is 11.9 Å². The van der Waals surface area contributed by atoms with E-state index in [1.54, 1.807) is 30.3 Å². The molecule has 0 aliphatic carbocycles. The van der Waals surface area contributed by atoms with Crippen molar-refractivity contribution in [1.82, 2.24) is 0 Å². The van der Waals surface area contributed by atoms with Gasteiger partial charge in [-0.1, -0.05) is 29.8 Å². The minimum absolute atomic E-state index is 0.0341. The van der Waals surface area contributed by atoms with Crippen LogP contribution in [0.3, 0.4) is 0 Å². The molecule has 3 nitrogen and oxygen atoms in total. The van der Waals surface area contributed by atoms with Gasteiger partial charge in [0, 0.05) is 5.56 Å². The predicted molar refractivity (Wildman–Crippen MR) is 77.0 cm³/mol. The zero-order valence-electron chi connectivity index (χ0n) is 11.2. The van der Waals surface area contributed by atoms with Crippen LogP contribution >= 0.6 is 11.6 Å². The van der Waals surface area contributed by atoms with Gasteiger partial charge in [0.2, 0.25) is 0 Å². The van der Waals surface area contributed by atoms with E-state index in [1.807, 2.05) is 0 Å². The molecule has 0 radical (unpaired) electrons. The first-order valence-electron chi connectivity index (χ1n) is 6.00. The van der Waals surface area contributed by atoms with Gasteiger partial charge in [-0.3, -0.25) is 0 Å². The van der Waals surface area contributed by atoms with Crippen LogP contribution in [-0.4, -0.2) is 14.2 Å². The second-order valence-electron chi connectivity index (χ2n) is 4.20. The molecule has 2 N–H and O–H groups in total. The van der Waals surface area contributed by atoms with Gasteiger partial charge in [0.05, 0.1) is 30.8 Å². The van der Waals surface area contributed by atoms with E-state index in [2.05, 4.69) is 0 Å². The zero-order valence-corrected chi connectivity index (χ0v) is 11.9. The van der Waals surface area contributed by atoms with Crippen molar-refractivity contribution in [2.45, 2.75) is 6.04 Å². The smallest absolute Gasteiger partial charge is 0.146 e. The molecule has 0 heterocycles. The first-order valence-corrected chi connectivity index (χ1v) is 6.38. The van der Waals surface area contributed by atoms with Crippen molar-refractivity contribution in [3.05, 3.63) is 58.4 Å². The van der Waals surface area contributed by atoms with Crippen LogP contribution in [0.15, 0.2) is 36.4 Å².